The van der Waals surface area contributed by atoms with Crippen LogP contribution in [0.2, 0.25) is 0 Å². The molecule has 0 radical (unpaired) electrons. The van der Waals surface area contributed by atoms with Crippen molar-refractivity contribution in [3.63, 3.8) is 0 Å². The Morgan fingerprint density at radius 2 is 2.13 bits per heavy atom. The molecule has 23 heavy (non-hydrogen) atoms. The predicted octanol–water partition coefficient (Wildman–Crippen LogP) is 4.08. The van der Waals surface area contributed by atoms with Crippen molar-refractivity contribution in [1.82, 2.24) is 0 Å². The van der Waals surface area contributed by atoms with Crippen molar-refractivity contribution in [2.75, 3.05) is 7.11 Å². The molecule has 1 aliphatic rings. The summed E-state index contributed by atoms with van der Waals surface area (Å²) in [4.78, 5) is 4.73. The van der Waals surface area contributed by atoms with Crippen LogP contribution in [0, 0.1) is 23.1 Å². The van der Waals surface area contributed by atoms with Crippen LogP contribution in [0.25, 0.3) is 0 Å². The first-order chi connectivity index (χ1) is 11.2. The van der Waals surface area contributed by atoms with Crippen molar-refractivity contribution in [2.24, 2.45) is 10.9 Å². The maximum atomic E-state index is 13.7. The van der Waals surface area contributed by atoms with Crippen LogP contribution in [0.5, 0.6) is 5.75 Å². The Morgan fingerprint density at radius 3 is 2.83 bits per heavy atom. The predicted molar refractivity (Wildman–Crippen MR) is 87.0 cm³/mol. The number of hydrogen-bond donors (Lipinski definition) is 0. The first-order valence-electron chi connectivity index (χ1n) is 7.51. The van der Waals surface area contributed by atoms with E-state index in [0.717, 1.165) is 12.0 Å². The van der Waals surface area contributed by atoms with Gasteiger partial charge in [0.25, 0.3) is 0 Å². The van der Waals surface area contributed by atoms with Gasteiger partial charge >= 0.3 is 0 Å². The summed E-state index contributed by atoms with van der Waals surface area (Å²) in [7, 11) is 1.56. The normalized spacial score (nSPS) is 22.7. The molecule has 1 saturated carbocycles. The Morgan fingerprint density at radius 1 is 1.35 bits per heavy atom. The minimum atomic E-state index is -0.570. The van der Waals surface area contributed by atoms with E-state index in [9.17, 15) is 4.39 Å². The second-order valence-electron chi connectivity index (χ2n) is 5.70. The molecule has 116 valence electrons. The molecule has 0 heterocycles. The molecule has 1 fully saturated rings. The molecule has 2 atom stereocenters. The van der Waals surface area contributed by atoms with Crippen LogP contribution in [0.15, 0.2) is 53.5 Å². The van der Waals surface area contributed by atoms with Gasteiger partial charge in [-0.15, -0.1) is 0 Å². The van der Waals surface area contributed by atoms with E-state index in [4.69, 9.17) is 15.0 Å². The summed E-state index contributed by atoms with van der Waals surface area (Å²) in [5.41, 5.74) is 1.12. The quantitative estimate of drug-likeness (QED) is 0.781. The number of halogens is 1. The summed E-state index contributed by atoms with van der Waals surface area (Å²) < 4.78 is 19.1. The van der Waals surface area contributed by atoms with Crippen LogP contribution in [-0.4, -0.2) is 13.3 Å². The fraction of sp³-hybridized carbons (Fsp3) is 0.263. The Balaban J connectivity index is 2.01. The summed E-state index contributed by atoms with van der Waals surface area (Å²) in [6.07, 6.45) is 2.91. The fourth-order valence-corrected chi connectivity index (χ4v) is 2.97. The Kier molecular flexibility index (Phi) is 4.12. The number of nitriles is 1. The monoisotopic (exact) mass is 308 g/mol. The van der Waals surface area contributed by atoms with E-state index in [2.05, 4.69) is 6.07 Å². The highest BCUT2D eigenvalue weighted by molar-refractivity contribution is 5.80. The van der Waals surface area contributed by atoms with Crippen molar-refractivity contribution in [3.05, 3.63) is 65.5 Å². The zero-order valence-corrected chi connectivity index (χ0v) is 12.9. The van der Waals surface area contributed by atoms with Crippen LogP contribution in [0.4, 0.5) is 4.39 Å². The molecular weight excluding hydrogens is 291 g/mol. The van der Waals surface area contributed by atoms with Crippen LogP contribution in [-0.2, 0) is 5.54 Å². The van der Waals surface area contributed by atoms with E-state index >= 15 is 0 Å². The van der Waals surface area contributed by atoms with Gasteiger partial charge in [0.05, 0.1) is 18.7 Å². The van der Waals surface area contributed by atoms with Gasteiger partial charge in [-0.1, -0.05) is 30.3 Å². The average molecular weight is 308 g/mol. The summed E-state index contributed by atoms with van der Waals surface area (Å²) >= 11 is 0. The van der Waals surface area contributed by atoms with Gasteiger partial charge in [-0.05, 0) is 30.2 Å². The van der Waals surface area contributed by atoms with Crippen LogP contribution in [0.1, 0.15) is 24.0 Å². The summed E-state index contributed by atoms with van der Waals surface area (Å²) in [5.74, 6) is 0.373. The van der Waals surface area contributed by atoms with E-state index in [1.165, 1.54) is 12.1 Å². The molecule has 0 aliphatic heterocycles. The zero-order chi connectivity index (χ0) is 16.3. The molecule has 4 heteroatoms. The van der Waals surface area contributed by atoms with Crippen molar-refractivity contribution in [1.29, 1.82) is 5.26 Å². The second-order valence-corrected chi connectivity index (χ2v) is 5.70. The van der Waals surface area contributed by atoms with Crippen molar-refractivity contribution >= 4 is 6.21 Å². The number of aliphatic imine (C=N–C) groups is 1. The van der Waals surface area contributed by atoms with Gasteiger partial charge < -0.3 is 4.74 Å². The average Bonchev–Trinajstić information content (AvgIpc) is 3.28. The Bertz CT molecular complexity index is 767. The highest BCUT2D eigenvalue weighted by Crippen LogP contribution is 2.59. The van der Waals surface area contributed by atoms with Gasteiger partial charge in [0.2, 0.25) is 0 Å². The number of nitrogens with zero attached hydrogens (tertiary/aromatic N) is 2. The number of hydrogen-bond acceptors (Lipinski definition) is 3. The lowest BCUT2D eigenvalue weighted by molar-refractivity contribution is 0.401. The third kappa shape index (κ3) is 2.95. The third-order valence-corrected chi connectivity index (χ3v) is 4.28. The minimum Gasteiger partial charge on any atom is -0.496 e. The molecule has 0 spiro atoms. The van der Waals surface area contributed by atoms with E-state index in [0.29, 0.717) is 17.7 Å². The molecule has 1 aliphatic carbocycles. The number of rotatable bonds is 5. The van der Waals surface area contributed by atoms with Crippen LogP contribution in [0.3, 0.4) is 0 Å². The molecule has 2 aromatic rings. The summed E-state index contributed by atoms with van der Waals surface area (Å²) in [6, 6.07) is 16.4. The van der Waals surface area contributed by atoms with Crippen molar-refractivity contribution in [2.45, 2.75) is 18.4 Å². The van der Waals surface area contributed by atoms with Gasteiger partial charge in [-0.25, -0.2) is 4.39 Å². The molecular formula is C19H17FN2O. The summed E-state index contributed by atoms with van der Waals surface area (Å²) in [6.45, 7) is 0. The van der Waals surface area contributed by atoms with Gasteiger partial charge in [0.15, 0.2) is 0 Å². The van der Waals surface area contributed by atoms with Crippen LogP contribution >= 0.6 is 0 Å². The van der Waals surface area contributed by atoms with Gasteiger partial charge in [0, 0.05) is 24.1 Å². The molecule has 3 rings (SSSR count). The fourth-order valence-electron chi connectivity index (χ4n) is 2.97. The number of methoxy groups -OCH3 is 1. The van der Waals surface area contributed by atoms with E-state index in [1.54, 1.807) is 19.4 Å². The minimum absolute atomic E-state index is 0.0863. The van der Waals surface area contributed by atoms with Crippen LogP contribution < -0.4 is 4.74 Å². The molecule has 0 unspecified atom stereocenters. The standard InChI is InChI=1S/C19H17FN2O/c1-23-18-8-7-16(20)11-17(18)19(12-15(19)9-10-21)22-13-14-5-3-2-4-6-14/h2-8,11,13,15H,9,12H2,1H3/t15-,19+/m0/s1. The smallest absolute Gasteiger partial charge is 0.124 e. The van der Waals surface area contributed by atoms with E-state index < -0.39 is 5.54 Å². The van der Waals surface area contributed by atoms with Crippen molar-refractivity contribution < 1.29 is 9.13 Å². The number of ether oxygens (including phenoxy) is 1. The molecule has 0 N–H and O–H groups in total. The number of benzene rings is 2. The molecule has 3 nitrogen and oxygen atoms in total. The highest BCUT2D eigenvalue weighted by atomic mass is 19.1. The topological polar surface area (TPSA) is 45.4 Å². The third-order valence-electron chi connectivity index (χ3n) is 4.28. The second kappa shape index (κ2) is 6.21. The van der Waals surface area contributed by atoms with E-state index in [1.807, 2.05) is 30.3 Å². The Labute approximate surface area is 135 Å². The first kappa shape index (κ1) is 15.2. The molecule has 0 saturated heterocycles. The lowest BCUT2D eigenvalue weighted by atomic mass is 10.00. The molecule has 0 amide bonds. The van der Waals surface area contributed by atoms with Gasteiger partial charge in [-0.3, -0.25) is 4.99 Å². The van der Waals surface area contributed by atoms with Gasteiger partial charge in [0.1, 0.15) is 11.6 Å². The Hall–Kier alpha value is -2.67. The zero-order valence-electron chi connectivity index (χ0n) is 12.9. The SMILES string of the molecule is COc1ccc(F)cc1[C@@]1(N=Cc2ccccc2)C[C@@H]1CC#N. The maximum absolute atomic E-state index is 13.7. The highest BCUT2D eigenvalue weighted by Gasteiger charge is 2.56. The molecule has 0 bridgehead atoms. The molecule has 2 aromatic carbocycles. The summed E-state index contributed by atoms with van der Waals surface area (Å²) in [5, 5.41) is 9.01. The maximum Gasteiger partial charge on any atom is 0.124 e. The van der Waals surface area contributed by atoms with Crippen molar-refractivity contribution in [3.8, 4) is 11.8 Å². The van der Waals surface area contributed by atoms with E-state index in [-0.39, 0.29) is 11.7 Å². The largest absolute Gasteiger partial charge is 0.496 e. The van der Waals surface area contributed by atoms with Gasteiger partial charge in [-0.2, -0.15) is 5.26 Å². The first-order valence-corrected chi connectivity index (χ1v) is 7.51. The molecule has 0 aromatic heterocycles. The lowest BCUT2D eigenvalue weighted by Gasteiger charge is -2.16. The lowest BCUT2D eigenvalue weighted by Crippen LogP contribution is -2.10.